The molecule has 33 heavy (non-hydrogen) atoms. The van der Waals surface area contributed by atoms with Crippen molar-refractivity contribution in [2.45, 2.75) is 51.5 Å². The highest BCUT2D eigenvalue weighted by molar-refractivity contribution is 6.00. The Morgan fingerprint density at radius 2 is 1.33 bits per heavy atom. The van der Waals surface area contributed by atoms with Crippen LogP contribution in [0, 0.1) is 6.92 Å². The highest BCUT2D eigenvalue weighted by Gasteiger charge is 2.53. The first kappa shape index (κ1) is 20.2. The van der Waals surface area contributed by atoms with Crippen molar-refractivity contribution in [3.05, 3.63) is 90.5 Å². The van der Waals surface area contributed by atoms with Gasteiger partial charge in [0.2, 0.25) is 0 Å². The lowest BCUT2D eigenvalue weighted by Crippen LogP contribution is -2.41. The average molecular weight is 433 g/mol. The molecule has 6 rings (SSSR count). The Morgan fingerprint density at radius 1 is 0.727 bits per heavy atom. The van der Waals surface area contributed by atoms with Crippen LogP contribution in [-0.4, -0.2) is 15.3 Å². The van der Waals surface area contributed by atoms with E-state index < -0.39 is 0 Å². The van der Waals surface area contributed by atoms with Crippen molar-refractivity contribution in [1.29, 1.82) is 0 Å². The Balaban J connectivity index is 1.71. The zero-order chi connectivity index (χ0) is 22.4. The molecule has 1 aromatic heterocycles. The summed E-state index contributed by atoms with van der Waals surface area (Å²) in [6, 6.07) is 30.2. The van der Waals surface area contributed by atoms with Crippen LogP contribution in [0.1, 0.15) is 44.6 Å². The first-order valence-corrected chi connectivity index (χ1v) is 12.1. The Hall–Kier alpha value is -3.46. The van der Waals surface area contributed by atoms with E-state index in [2.05, 4.69) is 108 Å². The number of hydrogen-bond donors (Lipinski definition) is 0. The van der Waals surface area contributed by atoms with Gasteiger partial charge in [-0.15, -0.1) is 0 Å². The Labute approximate surface area is 196 Å². The van der Waals surface area contributed by atoms with Crippen molar-refractivity contribution in [2.75, 3.05) is 0 Å². The standard InChI is InChI=1S/C30H30N3/c1-22-14-10-11-19-26(22)32-23(2)30(20-12-5-13-21-30)33-28(25-17-8-4-9-18-25)27(31-29(32)33)24-15-6-3-7-16-24/h3-4,6-11,14-19H,5,12-13,20-21H2,1-2H3/q+1. The molecule has 1 fully saturated rings. The molecular weight excluding hydrogens is 402 g/mol. The second kappa shape index (κ2) is 7.84. The molecule has 4 aromatic rings. The number of benzene rings is 3. The maximum Gasteiger partial charge on any atom is 0.405 e. The largest absolute Gasteiger partial charge is 0.405 e. The summed E-state index contributed by atoms with van der Waals surface area (Å²) < 4.78 is 5.05. The average Bonchev–Trinajstić information content (AvgIpc) is 3.36. The van der Waals surface area contributed by atoms with Gasteiger partial charge in [-0.3, -0.25) is 0 Å². The number of aromatic nitrogens is 2. The SMILES string of the molecule is CC1=[N+](c2ccccc2C)c2nc(-c3ccccc3)c(-c3ccccc3)n2C12CCCCC2. The number of hydrogen-bond acceptors (Lipinski definition) is 1. The molecule has 0 bridgehead atoms. The lowest BCUT2D eigenvalue weighted by molar-refractivity contribution is 0.294. The Morgan fingerprint density at radius 3 is 2.00 bits per heavy atom. The van der Waals surface area contributed by atoms with Gasteiger partial charge in [0.15, 0.2) is 11.4 Å². The van der Waals surface area contributed by atoms with E-state index in [4.69, 9.17) is 4.98 Å². The monoisotopic (exact) mass is 432 g/mol. The van der Waals surface area contributed by atoms with Gasteiger partial charge in [-0.25, -0.2) is 4.57 Å². The lowest BCUT2D eigenvalue weighted by Gasteiger charge is -2.33. The van der Waals surface area contributed by atoms with Crippen molar-refractivity contribution in [3.63, 3.8) is 0 Å². The van der Waals surface area contributed by atoms with Crippen LogP contribution in [0.5, 0.6) is 0 Å². The van der Waals surface area contributed by atoms with Crippen LogP contribution in [0.3, 0.4) is 0 Å². The number of fused-ring (bicyclic) bond motifs is 2. The van der Waals surface area contributed by atoms with Crippen LogP contribution in [-0.2, 0) is 5.54 Å². The molecule has 0 unspecified atom stereocenters. The number of rotatable bonds is 3. The number of aryl methyl sites for hydroxylation is 1. The second-order valence-corrected chi connectivity index (χ2v) is 9.48. The summed E-state index contributed by atoms with van der Waals surface area (Å²) in [7, 11) is 0. The van der Waals surface area contributed by atoms with Crippen LogP contribution in [0.4, 0.5) is 11.6 Å². The molecule has 164 valence electrons. The summed E-state index contributed by atoms with van der Waals surface area (Å²) in [5.74, 6) is 1.06. The van der Waals surface area contributed by atoms with E-state index in [1.807, 2.05) is 0 Å². The summed E-state index contributed by atoms with van der Waals surface area (Å²) in [5.41, 5.74) is 8.63. The smallest absolute Gasteiger partial charge is 0.212 e. The number of nitrogens with zero attached hydrogens (tertiary/aromatic N) is 3. The molecule has 1 aliphatic heterocycles. The van der Waals surface area contributed by atoms with Gasteiger partial charge in [0.25, 0.3) is 0 Å². The summed E-state index contributed by atoms with van der Waals surface area (Å²) in [6.07, 6.45) is 6.16. The third kappa shape index (κ3) is 3.02. The molecular formula is C30H30N3+. The molecule has 0 amide bonds. The van der Waals surface area contributed by atoms with E-state index in [1.165, 1.54) is 65.9 Å². The summed E-state index contributed by atoms with van der Waals surface area (Å²) in [4.78, 5) is 5.40. The van der Waals surface area contributed by atoms with Crippen molar-refractivity contribution in [2.24, 2.45) is 0 Å². The van der Waals surface area contributed by atoms with Crippen LogP contribution >= 0.6 is 0 Å². The van der Waals surface area contributed by atoms with E-state index >= 15 is 0 Å². The summed E-state index contributed by atoms with van der Waals surface area (Å²) in [6.45, 7) is 4.54. The first-order valence-electron chi connectivity index (χ1n) is 12.1. The predicted molar refractivity (Wildman–Crippen MR) is 137 cm³/mol. The molecule has 3 nitrogen and oxygen atoms in total. The van der Waals surface area contributed by atoms with E-state index in [9.17, 15) is 0 Å². The summed E-state index contributed by atoms with van der Waals surface area (Å²) >= 11 is 0. The van der Waals surface area contributed by atoms with Gasteiger partial charge < -0.3 is 0 Å². The molecule has 2 aliphatic rings. The maximum atomic E-state index is 5.40. The van der Waals surface area contributed by atoms with Crippen LogP contribution in [0.25, 0.3) is 22.5 Å². The maximum absolute atomic E-state index is 5.40. The summed E-state index contributed by atoms with van der Waals surface area (Å²) in [5, 5.41) is 0. The lowest BCUT2D eigenvalue weighted by atomic mass is 9.78. The quantitative estimate of drug-likeness (QED) is 0.307. The number of imidazole rings is 1. The predicted octanol–water partition coefficient (Wildman–Crippen LogP) is 7.49. The molecule has 1 spiro atoms. The minimum Gasteiger partial charge on any atom is -0.212 e. The van der Waals surface area contributed by atoms with Gasteiger partial charge >= 0.3 is 5.95 Å². The molecule has 1 aliphatic carbocycles. The van der Waals surface area contributed by atoms with E-state index in [1.54, 1.807) is 0 Å². The van der Waals surface area contributed by atoms with E-state index in [-0.39, 0.29) is 5.54 Å². The van der Waals surface area contributed by atoms with Crippen molar-refractivity contribution >= 4 is 17.3 Å². The van der Waals surface area contributed by atoms with Gasteiger partial charge in [0, 0.05) is 11.1 Å². The van der Waals surface area contributed by atoms with Gasteiger partial charge in [-0.1, -0.05) is 90.3 Å². The van der Waals surface area contributed by atoms with Gasteiger partial charge in [0.05, 0.1) is 5.71 Å². The van der Waals surface area contributed by atoms with Crippen molar-refractivity contribution < 1.29 is 0 Å². The zero-order valence-corrected chi connectivity index (χ0v) is 19.5. The molecule has 0 radical (unpaired) electrons. The Kier molecular flexibility index (Phi) is 4.79. The van der Waals surface area contributed by atoms with Crippen LogP contribution in [0.2, 0.25) is 0 Å². The fourth-order valence-corrected chi connectivity index (χ4v) is 5.97. The first-order chi connectivity index (χ1) is 16.2. The van der Waals surface area contributed by atoms with Gasteiger partial charge in [-0.2, -0.15) is 4.58 Å². The van der Waals surface area contributed by atoms with Crippen LogP contribution < -0.4 is 4.58 Å². The molecule has 3 aromatic carbocycles. The minimum absolute atomic E-state index is 0.0267. The van der Waals surface area contributed by atoms with Crippen molar-refractivity contribution in [3.8, 4) is 22.5 Å². The molecule has 1 saturated carbocycles. The third-order valence-electron chi connectivity index (χ3n) is 7.63. The molecule has 0 N–H and O–H groups in total. The Bertz CT molecular complexity index is 1340. The zero-order valence-electron chi connectivity index (χ0n) is 19.5. The molecule has 0 atom stereocenters. The molecule has 3 heteroatoms. The normalized spacial score (nSPS) is 16.9. The second-order valence-electron chi connectivity index (χ2n) is 9.48. The fraction of sp³-hybridized carbons (Fsp3) is 0.267. The fourth-order valence-electron chi connectivity index (χ4n) is 5.97. The number of para-hydroxylation sites is 1. The minimum atomic E-state index is -0.0267. The molecule has 2 heterocycles. The molecule has 0 saturated heterocycles. The van der Waals surface area contributed by atoms with Gasteiger partial charge in [-0.05, 0) is 51.2 Å². The highest BCUT2D eigenvalue weighted by atomic mass is 15.4. The van der Waals surface area contributed by atoms with E-state index in [0.29, 0.717) is 0 Å². The highest BCUT2D eigenvalue weighted by Crippen LogP contribution is 2.50. The third-order valence-corrected chi connectivity index (χ3v) is 7.63. The van der Waals surface area contributed by atoms with Crippen molar-refractivity contribution in [1.82, 2.24) is 14.1 Å². The van der Waals surface area contributed by atoms with E-state index in [0.717, 1.165) is 11.6 Å². The van der Waals surface area contributed by atoms with Gasteiger partial charge in [0.1, 0.15) is 11.2 Å². The van der Waals surface area contributed by atoms with Crippen LogP contribution in [0.15, 0.2) is 84.9 Å². The topological polar surface area (TPSA) is 20.8 Å².